The second-order valence-electron chi connectivity index (χ2n) is 6.97. The van der Waals surface area contributed by atoms with E-state index in [2.05, 4.69) is 10.6 Å². The fraction of sp³-hybridized carbons (Fsp3) is 0.333. The van der Waals surface area contributed by atoms with Crippen molar-refractivity contribution >= 4 is 33.2 Å². The van der Waals surface area contributed by atoms with Gasteiger partial charge in [-0.1, -0.05) is 12.1 Å². The van der Waals surface area contributed by atoms with Crippen LogP contribution < -0.4 is 14.9 Å². The van der Waals surface area contributed by atoms with Crippen LogP contribution in [0.5, 0.6) is 0 Å². The number of sulfonamides is 1. The average molecular weight is 470 g/mol. The minimum atomic E-state index is -4.04. The molecular weight excluding hydrogens is 444 g/mol. The number of rotatable bonds is 10. The van der Waals surface area contributed by atoms with Gasteiger partial charge in [0, 0.05) is 26.3 Å². The van der Waals surface area contributed by atoms with Gasteiger partial charge in [0.15, 0.2) is 11.6 Å². The number of nitrogens with zero attached hydrogens (tertiary/aromatic N) is 1. The van der Waals surface area contributed by atoms with E-state index >= 15 is 0 Å². The molecule has 0 saturated heterocycles. The zero-order valence-electron chi connectivity index (χ0n) is 17.9. The van der Waals surface area contributed by atoms with E-state index < -0.39 is 39.5 Å². The first-order chi connectivity index (χ1) is 15.1. The van der Waals surface area contributed by atoms with E-state index in [1.165, 1.54) is 19.1 Å². The third kappa shape index (κ3) is 6.47. The van der Waals surface area contributed by atoms with Crippen molar-refractivity contribution in [2.24, 2.45) is 0 Å². The Bertz CT molecular complexity index is 1080. The monoisotopic (exact) mass is 469 g/mol. The first kappa shape index (κ1) is 25.2. The average Bonchev–Trinajstić information content (AvgIpc) is 2.73. The van der Waals surface area contributed by atoms with Crippen molar-refractivity contribution in [3.63, 3.8) is 0 Å². The van der Waals surface area contributed by atoms with Crippen LogP contribution in [0.25, 0.3) is 0 Å². The summed E-state index contributed by atoms with van der Waals surface area (Å²) in [5, 5.41) is 5.25. The lowest BCUT2D eigenvalue weighted by Gasteiger charge is -2.28. The van der Waals surface area contributed by atoms with E-state index in [-0.39, 0.29) is 16.9 Å². The van der Waals surface area contributed by atoms with Crippen LogP contribution in [0.15, 0.2) is 42.5 Å². The van der Waals surface area contributed by atoms with Gasteiger partial charge in [-0.25, -0.2) is 17.2 Å². The summed E-state index contributed by atoms with van der Waals surface area (Å²) in [5.74, 6) is -3.59. The molecule has 0 aromatic heterocycles. The molecule has 0 saturated carbocycles. The number of ether oxygens (including phenoxy) is 1. The first-order valence-electron chi connectivity index (χ1n) is 9.67. The Kier molecular flexibility index (Phi) is 8.67. The molecule has 0 aliphatic rings. The molecule has 0 fully saturated rings. The lowest BCUT2D eigenvalue weighted by molar-refractivity contribution is -0.116. The zero-order chi connectivity index (χ0) is 23.9. The van der Waals surface area contributed by atoms with Gasteiger partial charge in [0.25, 0.3) is 5.91 Å². The number of carbonyl (C=O) groups excluding carboxylic acids is 2. The Morgan fingerprint density at radius 2 is 1.81 bits per heavy atom. The molecule has 0 heterocycles. The summed E-state index contributed by atoms with van der Waals surface area (Å²) in [6.45, 7) is 2.13. The van der Waals surface area contributed by atoms with Crippen LogP contribution >= 0.6 is 0 Å². The van der Waals surface area contributed by atoms with Crippen molar-refractivity contribution < 1.29 is 31.5 Å². The van der Waals surface area contributed by atoms with E-state index in [9.17, 15) is 26.8 Å². The van der Waals surface area contributed by atoms with Crippen molar-refractivity contribution in [3.8, 4) is 0 Å². The molecule has 2 aromatic carbocycles. The number of methoxy groups -OCH3 is 1. The smallest absolute Gasteiger partial charge is 0.253 e. The third-order valence-corrected chi connectivity index (χ3v) is 5.73. The van der Waals surface area contributed by atoms with Gasteiger partial charge in [-0.2, -0.15) is 0 Å². The van der Waals surface area contributed by atoms with Crippen LogP contribution in [0.1, 0.15) is 23.7 Å². The molecule has 32 heavy (non-hydrogen) atoms. The Balaban J connectivity index is 2.25. The highest BCUT2D eigenvalue weighted by Crippen LogP contribution is 2.24. The molecule has 2 rings (SSSR count). The minimum Gasteiger partial charge on any atom is -0.385 e. The molecule has 11 heteroatoms. The van der Waals surface area contributed by atoms with E-state index in [4.69, 9.17) is 4.74 Å². The molecule has 0 aliphatic carbocycles. The summed E-state index contributed by atoms with van der Waals surface area (Å²) < 4.78 is 57.2. The highest BCUT2D eigenvalue weighted by molar-refractivity contribution is 7.92. The number of para-hydroxylation sites is 1. The highest BCUT2D eigenvalue weighted by atomic mass is 32.2. The maximum atomic E-state index is 13.7. The minimum absolute atomic E-state index is 0.173. The number of amides is 2. The van der Waals surface area contributed by atoms with Crippen molar-refractivity contribution in [1.29, 1.82) is 0 Å². The van der Waals surface area contributed by atoms with Gasteiger partial charge in [0.2, 0.25) is 15.9 Å². The van der Waals surface area contributed by atoms with Gasteiger partial charge in [0.05, 0.1) is 23.2 Å². The van der Waals surface area contributed by atoms with Crippen molar-refractivity contribution in [2.45, 2.75) is 19.4 Å². The normalized spacial score (nSPS) is 12.2. The van der Waals surface area contributed by atoms with Crippen molar-refractivity contribution in [2.75, 3.05) is 36.1 Å². The van der Waals surface area contributed by atoms with Crippen LogP contribution in [-0.4, -0.2) is 52.8 Å². The third-order valence-electron chi connectivity index (χ3n) is 4.49. The number of nitrogens with one attached hydrogen (secondary N) is 2. The largest absolute Gasteiger partial charge is 0.385 e. The van der Waals surface area contributed by atoms with E-state index in [1.807, 2.05) is 0 Å². The van der Waals surface area contributed by atoms with Gasteiger partial charge < -0.3 is 15.4 Å². The van der Waals surface area contributed by atoms with Crippen molar-refractivity contribution in [1.82, 2.24) is 5.32 Å². The maximum Gasteiger partial charge on any atom is 0.253 e. The molecule has 174 valence electrons. The Labute approximate surface area is 185 Å². The standard InChI is InChI=1S/C21H25F2N3O5S/c1-14(26(32(3,29)30)15-9-10-17(22)18(23)13-15)20(27)25-19-8-5-4-7-16(19)21(28)24-11-6-12-31-2/h4-5,7-10,13-14H,6,11-12H2,1-3H3,(H,24,28)(H,25,27). The summed E-state index contributed by atoms with van der Waals surface area (Å²) in [6, 6.07) is 7.43. The number of carbonyl (C=O) groups is 2. The number of hydrogen-bond donors (Lipinski definition) is 2. The zero-order valence-corrected chi connectivity index (χ0v) is 18.7. The highest BCUT2D eigenvalue weighted by Gasteiger charge is 2.30. The SMILES string of the molecule is COCCCNC(=O)c1ccccc1NC(=O)C(C)N(c1ccc(F)c(F)c1)S(C)(=O)=O. The molecule has 1 unspecified atom stereocenters. The van der Waals surface area contributed by atoms with Gasteiger partial charge in [-0.05, 0) is 37.6 Å². The molecule has 0 aliphatic heterocycles. The molecule has 0 bridgehead atoms. The molecule has 8 nitrogen and oxygen atoms in total. The molecule has 2 aromatic rings. The maximum absolute atomic E-state index is 13.7. The summed E-state index contributed by atoms with van der Waals surface area (Å²) in [7, 11) is -2.49. The van der Waals surface area contributed by atoms with Gasteiger partial charge in [-0.3, -0.25) is 13.9 Å². The molecule has 0 radical (unpaired) electrons. The first-order valence-corrected chi connectivity index (χ1v) is 11.5. The quantitative estimate of drug-likeness (QED) is 0.521. The van der Waals surface area contributed by atoms with Gasteiger partial charge >= 0.3 is 0 Å². The Hall–Kier alpha value is -3.05. The second-order valence-corrected chi connectivity index (χ2v) is 8.83. The Morgan fingerprint density at radius 3 is 2.44 bits per heavy atom. The molecule has 0 spiro atoms. The topological polar surface area (TPSA) is 105 Å². The van der Waals surface area contributed by atoms with E-state index in [1.54, 1.807) is 19.2 Å². The molecular formula is C21H25F2N3O5S. The predicted molar refractivity (Wildman–Crippen MR) is 117 cm³/mol. The van der Waals surface area contributed by atoms with E-state index in [0.29, 0.717) is 29.9 Å². The number of anilines is 2. The van der Waals surface area contributed by atoms with Crippen LogP contribution in [-0.2, 0) is 19.6 Å². The van der Waals surface area contributed by atoms with Gasteiger partial charge in [0.1, 0.15) is 6.04 Å². The second kappa shape index (κ2) is 11.0. The van der Waals surface area contributed by atoms with Crippen LogP contribution in [0, 0.1) is 11.6 Å². The molecule has 2 amide bonds. The van der Waals surface area contributed by atoms with Crippen LogP contribution in [0.3, 0.4) is 0 Å². The fourth-order valence-corrected chi connectivity index (χ4v) is 4.14. The van der Waals surface area contributed by atoms with E-state index in [0.717, 1.165) is 18.4 Å². The fourth-order valence-electron chi connectivity index (χ4n) is 2.97. The molecule has 2 N–H and O–H groups in total. The lowest BCUT2D eigenvalue weighted by atomic mass is 10.1. The number of halogens is 2. The summed E-state index contributed by atoms with van der Waals surface area (Å²) in [4.78, 5) is 25.3. The van der Waals surface area contributed by atoms with Gasteiger partial charge in [-0.15, -0.1) is 0 Å². The van der Waals surface area contributed by atoms with Crippen molar-refractivity contribution in [3.05, 3.63) is 59.7 Å². The van der Waals surface area contributed by atoms with Crippen LogP contribution in [0.2, 0.25) is 0 Å². The number of hydrogen-bond acceptors (Lipinski definition) is 5. The van der Waals surface area contributed by atoms with Crippen LogP contribution in [0.4, 0.5) is 20.2 Å². The Morgan fingerprint density at radius 1 is 1.12 bits per heavy atom. The number of benzene rings is 2. The summed E-state index contributed by atoms with van der Waals surface area (Å²) >= 11 is 0. The summed E-state index contributed by atoms with van der Waals surface area (Å²) in [6.07, 6.45) is 1.45. The summed E-state index contributed by atoms with van der Waals surface area (Å²) in [5.41, 5.74) is 0.148. The lowest BCUT2D eigenvalue weighted by Crippen LogP contribution is -2.45. The molecule has 1 atom stereocenters. The predicted octanol–water partition coefficient (Wildman–Crippen LogP) is 2.52.